The molecule has 3 rings (SSSR count). The van der Waals surface area contributed by atoms with Crippen molar-refractivity contribution >= 4 is 6.09 Å². The largest absolute Gasteiger partial charge is 0.508 e. The maximum absolute atomic E-state index is 11.6. The van der Waals surface area contributed by atoms with Crippen LogP contribution >= 0.6 is 0 Å². The quantitative estimate of drug-likeness (QED) is 0.683. The molecule has 0 unspecified atom stereocenters. The number of phenols is 1. The van der Waals surface area contributed by atoms with Gasteiger partial charge in [-0.1, -0.05) is 66.4 Å². The number of ether oxygens (including phenoxy) is 1. The number of hydrogen-bond donors (Lipinski definition) is 2. The van der Waals surface area contributed by atoms with Crippen LogP contribution in [0.1, 0.15) is 11.1 Å². The zero-order chi connectivity index (χ0) is 18.9. The highest BCUT2D eigenvalue weighted by atomic mass is 16.5. The molecule has 0 aromatic heterocycles. The molecule has 27 heavy (non-hydrogen) atoms. The van der Waals surface area contributed by atoms with Gasteiger partial charge in [-0.25, -0.2) is 4.79 Å². The summed E-state index contributed by atoms with van der Waals surface area (Å²) in [5.74, 6) is 6.15. The van der Waals surface area contributed by atoms with Gasteiger partial charge in [-0.15, -0.1) is 0 Å². The van der Waals surface area contributed by atoms with E-state index in [0.29, 0.717) is 0 Å². The van der Waals surface area contributed by atoms with E-state index in [1.807, 2.05) is 66.7 Å². The van der Waals surface area contributed by atoms with E-state index in [1.54, 1.807) is 12.1 Å². The molecule has 0 bridgehead atoms. The number of carbonyl (C=O) groups is 1. The molecule has 0 radical (unpaired) electrons. The average molecular weight is 357 g/mol. The standard InChI is InChI=1S/C23H19NO3/c25-22-14-12-21(13-15-22)20-10-8-18(9-11-20)7-4-16-24-23(26)27-17-19-5-2-1-3-6-19/h1-3,5-6,8-15,25H,16-17H2,(H,24,26). The Morgan fingerprint density at radius 1 is 0.889 bits per heavy atom. The fraction of sp³-hybridized carbons (Fsp3) is 0.0870. The molecule has 134 valence electrons. The van der Waals surface area contributed by atoms with Crippen molar-refractivity contribution in [2.45, 2.75) is 6.61 Å². The van der Waals surface area contributed by atoms with Gasteiger partial charge in [-0.3, -0.25) is 0 Å². The second kappa shape index (κ2) is 9.12. The first-order chi connectivity index (χ1) is 13.2. The van der Waals surface area contributed by atoms with E-state index in [0.717, 1.165) is 22.3 Å². The number of nitrogens with one attached hydrogen (secondary N) is 1. The lowest BCUT2D eigenvalue weighted by atomic mass is 10.0. The first-order valence-corrected chi connectivity index (χ1v) is 8.53. The van der Waals surface area contributed by atoms with Crippen LogP contribution in [0.3, 0.4) is 0 Å². The van der Waals surface area contributed by atoms with Crippen LogP contribution in [0, 0.1) is 11.8 Å². The zero-order valence-electron chi connectivity index (χ0n) is 14.7. The second-order valence-electron chi connectivity index (χ2n) is 5.84. The Kier molecular flexibility index (Phi) is 6.11. The number of alkyl carbamates (subject to hydrolysis) is 1. The Bertz CT molecular complexity index is 937. The van der Waals surface area contributed by atoms with Crippen LogP contribution in [0.2, 0.25) is 0 Å². The molecular formula is C23H19NO3. The van der Waals surface area contributed by atoms with Gasteiger partial charge in [0.1, 0.15) is 12.4 Å². The smallest absolute Gasteiger partial charge is 0.408 e. The maximum atomic E-state index is 11.6. The van der Waals surface area contributed by atoms with Gasteiger partial charge < -0.3 is 15.2 Å². The number of amides is 1. The molecule has 4 heteroatoms. The van der Waals surface area contributed by atoms with Crippen molar-refractivity contribution in [3.8, 4) is 28.7 Å². The van der Waals surface area contributed by atoms with Crippen molar-refractivity contribution in [3.05, 3.63) is 90.0 Å². The summed E-state index contributed by atoms with van der Waals surface area (Å²) in [6.45, 7) is 0.451. The topological polar surface area (TPSA) is 58.6 Å². The maximum Gasteiger partial charge on any atom is 0.408 e. The SMILES string of the molecule is O=C(NCC#Cc1ccc(-c2ccc(O)cc2)cc1)OCc1ccccc1. The van der Waals surface area contributed by atoms with Gasteiger partial charge in [-0.05, 0) is 41.0 Å². The summed E-state index contributed by atoms with van der Waals surface area (Å²) in [5.41, 5.74) is 3.86. The number of benzene rings is 3. The average Bonchev–Trinajstić information content (AvgIpc) is 2.71. The fourth-order valence-corrected chi connectivity index (χ4v) is 2.44. The van der Waals surface area contributed by atoms with Crippen molar-refractivity contribution < 1.29 is 14.6 Å². The molecule has 0 aliphatic heterocycles. The van der Waals surface area contributed by atoms with Crippen molar-refractivity contribution in [3.63, 3.8) is 0 Å². The predicted octanol–water partition coefficient (Wildman–Crippen LogP) is 4.34. The van der Waals surface area contributed by atoms with Gasteiger partial charge in [0, 0.05) is 5.56 Å². The lowest BCUT2D eigenvalue weighted by Crippen LogP contribution is -2.24. The molecule has 2 N–H and O–H groups in total. The molecule has 0 saturated heterocycles. The summed E-state index contributed by atoms with van der Waals surface area (Å²) in [4.78, 5) is 11.6. The van der Waals surface area contributed by atoms with Gasteiger partial charge in [0.15, 0.2) is 0 Å². The number of phenolic OH excluding ortho intramolecular Hbond substituents is 1. The van der Waals surface area contributed by atoms with Crippen LogP contribution in [-0.2, 0) is 11.3 Å². The van der Waals surface area contributed by atoms with E-state index in [2.05, 4.69) is 17.2 Å². The molecule has 0 atom stereocenters. The minimum atomic E-state index is -0.490. The molecule has 0 heterocycles. The summed E-state index contributed by atoms with van der Waals surface area (Å²) in [7, 11) is 0. The van der Waals surface area contributed by atoms with E-state index in [4.69, 9.17) is 4.74 Å². The van der Waals surface area contributed by atoms with Crippen LogP contribution in [-0.4, -0.2) is 17.7 Å². The van der Waals surface area contributed by atoms with Gasteiger partial charge in [0.2, 0.25) is 0 Å². The van der Waals surface area contributed by atoms with E-state index in [1.165, 1.54) is 0 Å². The molecule has 4 nitrogen and oxygen atoms in total. The van der Waals surface area contributed by atoms with Crippen molar-refractivity contribution in [2.75, 3.05) is 6.54 Å². The van der Waals surface area contributed by atoms with Crippen molar-refractivity contribution in [1.29, 1.82) is 0 Å². The highest BCUT2D eigenvalue weighted by Gasteiger charge is 2.00. The summed E-state index contributed by atoms with van der Waals surface area (Å²) in [5, 5.41) is 11.9. The molecular weight excluding hydrogens is 338 g/mol. The first kappa shape index (κ1) is 18.1. The molecule has 0 aliphatic rings. The minimum Gasteiger partial charge on any atom is -0.508 e. The van der Waals surface area contributed by atoms with Gasteiger partial charge in [0.05, 0.1) is 6.54 Å². The Balaban J connectivity index is 1.46. The van der Waals surface area contributed by atoms with Gasteiger partial charge in [-0.2, -0.15) is 0 Å². The van der Waals surface area contributed by atoms with Gasteiger partial charge in [0.25, 0.3) is 0 Å². The lowest BCUT2D eigenvalue weighted by molar-refractivity contribution is 0.141. The van der Waals surface area contributed by atoms with Gasteiger partial charge >= 0.3 is 6.09 Å². The van der Waals surface area contributed by atoms with Crippen molar-refractivity contribution in [2.24, 2.45) is 0 Å². The molecule has 3 aromatic rings. The summed E-state index contributed by atoms with van der Waals surface area (Å²) in [6, 6.07) is 24.3. The van der Waals surface area contributed by atoms with Crippen LogP contribution in [0.15, 0.2) is 78.9 Å². The van der Waals surface area contributed by atoms with Crippen LogP contribution in [0.4, 0.5) is 4.79 Å². The van der Waals surface area contributed by atoms with Crippen LogP contribution in [0.5, 0.6) is 5.75 Å². The predicted molar refractivity (Wildman–Crippen MR) is 105 cm³/mol. The minimum absolute atomic E-state index is 0.216. The monoisotopic (exact) mass is 357 g/mol. The summed E-state index contributed by atoms with van der Waals surface area (Å²) < 4.78 is 5.12. The number of aromatic hydroxyl groups is 1. The van der Waals surface area contributed by atoms with Crippen LogP contribution in [0.25, 0.3) is 11.1 Å². The molecule has 0 saturated carbocycles. The molecule has 1 amide bonds. The Labute approximate surface area is 158 Å². The molecule has 0 fully saturated rings. The molecule has 0 aliphatic carbocycles. The Morgan fingerprint density at radius 3 is 2.19 bits per heavy atom. The first-order valence-electron chi connectivity index (χ1n) is 8.53. The lowest BCUT2D eigenvalue weighted by Gasteiger charge is -2.04. The van der Waals surface area contributed by atoms with E-state index in [-0.39, 0.29) is 18.9 Å². The third-order valence-electron chi connectivity index (χ3n) is 3.85. The number of rotatable bonds is 4. The molecule has 0 spiro atoms. The van der Waals surface area contributed by atoms with E-state index < -0.39 is 6.09 Å². The Morgan fingerprint density at radius 2 is 1.52 bits per heavy atom. The normalized spacial score (nSPS) is 9.78. The second-order valence-corrected chi connectivity index (χ2v) is 5.84. The zero-order valence-corrected chi connectivity index (χ0v) is 14.7. The summed E-state index contributed by atoms with van der Waals surface area (Å²) >= 11 is 0. The Hall–Kier alpha value is -3.71. The molecule has 3 aromatic carbocycles. The summed E-state index contributed by atoms with van der Waals surface area (Å²) in [6.07, 6.45) is -0.490. The number of hydrogen-bond acceptors (Lipinski definition) is 3. The van der Waals surface area contributed by atoms with Crippen LogP contribution < -0.4 is 5.32 Å². The van der Waals surface area contributed by atoms with E-state index >= 15 is 0 Å². The fourth-order valence-electron chi connectivity index (χ4n) is 2.44. The highest BCUT2D eigenvalue weighted by molar-refractivity contribution is 5.67. The van der Waals surface area contributed by atoms with Crippen molar-refractivity contribution in [1.82, 2.24) is 5.32 Å². The number of carbonyl (C=O) groups excluding carboxylic acids is 1. The highest BCUT2D eigenvalue weighted by Crippen LogP contribution is 2.21. The van der Waals surface area contributed by atoms with E-state index in [9.17, 15) is 9.90 Å². The third-order valence-corrected chi connectivity index (χ3v) is 3.85. The third kappa shape index (κ3) is 5.65.